The molecule has 1 amide bonds. The minimum absolute atomic E-state index is 0.0318. The molecule has 1 aliphatic heterocycles. The summed E-state index contributed by atoms with van der Waals surface area (Å²) in [5.74, 6) is -0.232. The van der Waals surface area contributed by atoms with Crippen LogP contribution >= 0.6 is 0 Å². The van der Waals surface area contributed by atoms with Crippen molar-refractivity contribution in [3.63, 3.8) is 0 Å². The molecule has 2 aromatic rings. The molecule has 1 aromatic heterocycles. The molecule has 0 bridgehead atoms. The number of nitrogens with one attached hydrogen (secondary N) is 1. The zero-order valence-electron chi connectivity index (χ0n) is 12.5. The highest BCUT2D eigenvalue weighted by molar-refractivity contribution is 5.90. The first-order valence-electron chi connectivity index (χ1n) is 7.24. The summed E-state index contributed by atoms with van der Waals surface area (Å²) in [7, 11) is 0. The van der Waals surface area contributed by atoms with Crippen LogP contribution in [0.5, 0.6) is 0 Å². The van der Waals surface area contributed by atoms with Gasteiger partial charge in [0.1, 0.15) is 0 Å². The Kier molecular flexibility index (Phi) is 3.81. The second-order valence-corrected chi connectivity index (χ2v) is 5.49. The van der Waals surface area contributed by atoms with Crippen LogP contribution in [0.2, 0.25) is 0 Å². The Bertz CT molecular complexity index is 712. The summed E-state index contributed by atoms with van der Waals surface area (Å²) < 4.78 is 6.80. The fraction of sp³-hybridized carbons (Fsp3) is 0.400. The lowest BCUT2D eigenvalue weighted by Crippen LogP contribution is -2.48. The Balaban J connectivity index is 1.87. The van der Waals surface area contributed by atoms with Crippen LogP contribution in [0.25, 0.3) is 5.69 Å². The molecular formula is C15H18N4O3. The van der Waals surface area contributed by atoms with Gasteiger partial charge in [-0.1, -0.05) is 18.2 Å². The van der Waals surface area contributed by atoms with Crippen molar-refractivity contribution in [2.45, 2.75) is 26.1 Å². The highest BCUT2D eigenvalue weighted by atomic mass is 16.5. The quantitative estimate of drug-likeness (QED) is 0.890. The number of H-pyrrole nitrogens is 1. The predicted octanol–water partition coefficient (Wildman–Crippen LogP) is 0.810. The topological polar surface area (TPSA) is 80.2 Å². The molecule has 7 heteroatoms. The minimum atomic E-state index is -0.427. The first-order chi connectivity index (χ1) is 10.5. The predicted molar refractivity (Wildman–Crippen MR) is 80.1 cm³/mol. The van der Waals surface area contributed by atoms with Crippen molar-refractivity contribution in [3.8, 4) is 5.69 Å². The summed E-state index contributed by atoms with van der Waals surface area (Å²) >= 11 is 0. The van der Waals surface area contributed by atoms with Gasteiger partial charge in [-0.15, -0.1) is 5.10 Å². The van der Waals surface area contributed by atoms with Crippen LogP contribution in [0.1, 0.15) is 24.5 Å². The van der Waals surface area contributed by atoms with Gasteiger partial charge in [0, 0.05) is 13.1 Å². The van der Waals surface area contributed by atoms with Crippen LogP contribution in [0, 0.1) is 0 Å². The molecule has 1 N–H and O–H groups in total. The smallest absolute Gasteiger partial charge is 0.348 e. The van der Waals surface area contributed by atoms with Crippen LogP contribution < -0.4 is 5.69 Å². The lowest BCUT2D eigenvalue weighted by Gasteiger charge is -2.34. The summed E-state index contributed by atoms with van der Waals surface area (Å²) in [6.07, 6.45) is -0.0636. The average Bonchev–Trinajstić information content (AvgIpc) is 2.88. The molecule has 2 heterocycles. The molecule has 0 saturated carbocycles. The Morgan fingerprint density at radius 3 is 2.50 bits per heavy atom. The molecule has 0 radical (unpaired) electrons. The third kappa shape index (κ3) is 2.80. The number of benzene rings is 1. The van der Waals surface area contributed by atoms with E-state index in [1.165, 1.54) is 4.68 Å². The Morgan fingerprint density at radius 2 is 1.86 bits per heavy atom. The first-order valence-corrected chi connectivity index (χ1v) is 7.24. The van der Waals surface area contributed by atoms with E-state index < -0.39 is 5.69 Å². The van der Waals surface area contributed by atoms with Crippen LogP contribution in [0.4, 0.5) is 0 Å². The maximum Gasteiger partial charge on any atom is 0.348 e. The van der Waals surface area contributed by atoms with Gasteiger partial charge in [0.05, 0.1) is 17.9 Å². The molecule has 1 saturated heterocycles. The van der Waals surface area contributed by atoms with Gasteiger partial charge >= 0.3 is 5.69 Å². The third-order valence-corrected chi connectivity index (χ3v) is 3.53. The molecule has 1 fully saturated rings. The number of nitrogens with zero attached hydrogens (tertiary/aromatic N) is 3. The van der Waals surface area contributed by atoms with E-state index in [4.69, 9.17) is 4.74 Å². The number of aromatic nitrogens is 3. The molecule has 0 aliphatic carbocycles. The lowest BCUT2D eigenvalue weighted by atomic mass is 10.2. The van der Waals surface area contributed by atoms with E-state index in [0.717, 1.165) is 0 Å². The van der Waals surface area contributed by atoms with Crippen molar-refractivity contribution >= 4 is 5.91 Å². The Hall–Kier alpha value is -2.41. The van der Waals surface area contributed by atoms with Crippen molar-refractivity contribution in [2.75, 3.05) is 13.1 Å². The lowest BCUT2D eigenvalue weighted by molar-refractivity contribution is -0.0588. The van der Waals surface area contributed by atoms with Crippen LogP contribution in [0.15, 0.2) is 35.1 Å². The first kappa shape index (κ1) is 14.5. The second-order valence-electron chi connectivity index (χ2n) is 5.49. The molecule has 1 aromatic carbocycles. The second kappa shape index (κ2) is 5.76. The summed E-state index contributed by atoms with van der Waals surface area (Å²) in [6, 6.07) is 8.99. The van der Waals surface area contributed by atoms with E-state index in [1.54, 1.807) is 17.0 Å². The Morgan fingerprint density at radius 1 is 1.23 bits per heavy atom. The number of hydrogen-bond donors (Lipinski definition) is 1. The summed E-state index contributed by atoms with van der Waals surface area (Å²) in [5.41, 5.74) is 0.190. The van der Waals surface area contributed by atoms with Gasteiger partial charge in [0.15, 0.2) is 0 Å². The zero-order valence-corrected chi connectivity index (χ0v) is 12.5. The van der Waals surface area contributed by atoms with Gasteiger partial charge in [-0.25, -0.2) is 4.79 Å². The number of hydrogen-bond acceptors (Lipinski definition) is 4. The van der Waals surface area contributed by atoms with E-state index in [1.807, 2.05) is 32.0 Å². The van der Waals surface area contributed by atoms with Crippen molar-refractivity contribution in [1.82, 2.24) is 19.7 Å². The molecule has 3 rings (SSSR count). The zero-order chi connectivity index (χ0) is 15.7. The number of rotatable bonds is 2. The van der Waals surface area contributed by atoms with E-state index in [0.29, 0.717) is 18.8 Å². The number of para-hydroxylation sites is 1. The molecule has 116 valence electrons. The van der Waals surface area contributed by atoms with Gasteiger partial charge in [0.25, 0.3) is 5.91 Å². The molecule has 7 nitrogen and oxygen atoms in total. The Labute approximate surface area is 127 Å². The standard InChI is InChI=1S/C15H18N4O3/c1-10-8-18(9-11(2)22-10)14(20)13-16-15(21)19(17-13)12-6-4-3-5-7-12/h3-7,10-11H,8-9H2,1-2H3,(H,16,17,21). The number of aromatic amines is 1. The molecular weight excluding hydrogens is 284 g/mol. The molecule has 1 aliphatic rings. The average molecular weight is 302 g/mol. The molecule has 0 spiro atoms. The number of carbonyl (C=O) groups excluding carboxylic acids is 1. The van der Waals surface area contributed by atoms with Gasteiger partial charge in [0.2, 0.25) is 5.82 Å². The van der Waals surface area contributed by atoms with Gasteiger partial charge < -0.3 is 9.64 Å². The van der Waals surface area contributed by atoms with E-state index in [-0.39, 0.29) is 23.9 Å². The van der Waals surface area contributed by atoms with Crippen LogP contribution in [-0.2, 0) is 4.74 Å². The summed E-state index contributed by atoms with van der Waals surface area (Å²) in [6.45, 7) is 4.81. The monoisotopic (exact) mass is 302 g/mol. The van der Waals surface area contributed by atoms with Gasteiger partial charge in [-0.05, 0) is 26.0 Å². The van der Waals surface area contributed by atoms with Crippen LogP contribution in [0.3, 0.4) is 0 Å². The molecule has 22 heavy (non-hydrogen) atoms. The highest BCUT2D eigenvalue weighted by Crippen LogP contribution is 2.12. The number of carbonyl (C=O) groups is 1. The minimum Gasteiger partial charge on any atom is -0.372 e. The van der Waals surface area contributed by atoms with Crippen molar-refractivity contribution < 1.29 is 9.53 Å². The maximum atomic E-state index is 12.5. The third-order valence-electron chi connectivity index (χ3n) is 3.53. The fourth-order valence-corrected chi connectivity index (χ4v) is 2.66. The van der Waals surface area contributed by atoms with Gasteiger partial charge in [-0.2, -0.15) is 4.68 Å². The molecule has 2 atom stereocenters. The normalized spacial score (nSPS) is 21.8. The van der Waals surface area contributed by atoms with Crippen LogP contribution in [-0.4, -0.2) is 50.9 Å². The van der Waals surface area contributed by atoms with Gasteiger partial charge in [-0.3, -0.25) is 9.78 Å². The number of morpholine rings is 1. The fourth-order valence-electron chi connectivity index (χ4n) is 2.66. The largest absolute Gasteiger partial charge is 0.372 e. The van der Waals surface area contributed by atoms with E-state index >= 15 is 0 Å². The van der Waals surface area contributed by atoms with E-state index in [2.05, 4.69) is 10.1 Å². The maximum absolute atomic E-state index is 12.5. The van der Waals surface area contributed by atoms with Crippen molar-refractivity contribution in [2.24, 2.45) is 0 Å². The molecule has 2 unspecified atom stereocenters. The van der Waals surface area contributed by atoms with E-state index in [9.17, 15) is 9.59 Å². The number of amides is 1. The van der Waals surface area contributed by atoms with Crippen molar-refractivity contribution in [3.05, 3.63) is 46.6 Å². The summed E-state index contributed by atoms with van der Waals surface area (Å²) in [5, 5.41) is 4.12. The summed E-state index contributed by atoms with van der Waals surface area (Å²) in [4.78, 5) is 28.7. The SMILES string of the molecule is CC1CN(C(=O)c2nn(-c3ccccc3)c(=O)[nH]2)CC(C)O1. The number of ether oxygens (including phenoxy) is 1. The van der Waals surface area contributed by atoms with Crippen molar-refractivity contribution in [1.29, 1.82) is 0 Å². The highest BCUT2D eigenvalue weighted by Gasteiger charge is 2.28.